The normalized spacial score (nSPS) is 11.1. The van der Waals surface area contributed by atoms with Gasteiger partial charge in [0.05, 0.1) is 17.6 Å². The molecule has 172 valence electrons. The number of nitrogens with zero attached hydrogens (tertiary/aromatic N) is 2. The Hall–Kier alpha value is -2.82. The van der Waals surface area contributed by atoms with Crippen molar-refractivity contribution in [2.45, 2.75) is 72.3 Å². The molecule has 32 heavy (non-hydrogen) atoms. The van der Waals surface area contributed by atoms with Crippen LogP contribution in [0.4, 0.5) is 0 Å². The van der Waals surface area contributed by atoms with E-state index in [9.17, 15) is 4.79 Å². The summed E-state index contributed by atoms with van der Waals surface area (Å²) in [5, 5.41) is 3.00. The maximum absolute atomic E-state index is 11.6. The first-order chi connectivity index (χ1) is 15.6. The van der Waals surface area contributed by atoms with Crippen molar-refractivity contribution in [1.82, 2.24) is 14.9 Å². The molecule has 0 unspecified atom stereocenters. The van der Waals surface area contributed by atoms with Crippen LogP contribution in [0, 0.1) is 13.8 Å². The van der Waals surface area contributed by atoms with Gasteiger partial charge in [-0.15, -0.1) is 0 Å². The summed E-state index contributed by atoms with van der Waals surface area (Å²) in [5.41, 5.74) is 4.73. The zero-order valence-corrected chi connectivity index (χ0v) is 19.8. The minimum Gasteiger partial charge on any atom is -0.493 e. The number of carbonyl (C=O) groups excluding carboxylic acids is 1. The van der Waals surface area contributed by atoms with Crippen molar-refractivity contribution in [2.24, 2.45) is 0 Å². The van der Waals surface area contributed by atoms with Gasteiger partial charge in [0, 0.05) is 25.9 Å². The van der Waals surface area contributed by atoms with E-state index in [0.717, 1.165) is 68.7 Å². The fourth-order valence-corrected chi connectivity index (χ4v) is 3.98. The second kappa shape index (κ2) is 12.3. The number of imidazole rings is 1. The Kier molecular flexibility index (Phi) is 9.14. The third kappa shape index (κ3) is 6.59. The van der Waals surface area contributed by atoms with Crippen molar-refractivity contribution in [3.8, 4) is 5.75 Å². The highest BCUT2D eigenvalue weighted by Gasteiger charge is 2.10. The second-order valence-electron chi connectivity index (χ2n) is 8.48. The van der Waals surface area contributed by atoms with Gasteiger partial charge in [0.25, 0.3) is 0 Å². The lowest BCUT2D eigenvalue weighted by atomic mass is 10.1. The number of aryl methyl sites for hydroxylation is 3. The predicted molar refractivity (Wildman–Crippen MR) is 131 cm³/mol. The quantitative estimate of drug-likeness (QED) is 0.348. The molecule has 3 aromatic rings. The molecule has 0 bridgehead atoms. The molecular formula is C27H37N3O2. The average molecular weight is 436 g/mol. The molecule has 1 heterocycles. The van der Waals surface area contributed by atoms with Crippen molar-refractivity contribution in [3.63, 3.8) is 0 Å². The SMILES string of the molecule is CCCC(=O)NCCCCCc1nc2ccccc2n1CCCOc1cccc(C)c1C. The standard InChI is InChI=1S/C27H37N3O2/c1-4-12-27(31)28-18-9-5-6-17-26-29-23-14-7-8-15-24(23)30(26)19-11-20-32-25-16-10-13-21(2)22(25)3/h7-8,10,13-16H,4-6,9,11-12,17-20H2,1-3H3,(H,28,31). The average Bonchev–Trinajstić information content (AvgIpc) is 3.14. The second-order valence-corrected chi connectivity index (χ2v) is 8.48. The van der Waals surface area contributed by atoms with E-state index >= 15 is 0 Å². The van der Waals surface area contributed by atoms with Crippen molar-refractivity contribution in [2.75, 3.05) is 13.2 Å². The van der Waals surface area contributed by atoms with E-state index in [-0.39, 0.29) is 5.91 Å². The molecule has 1 aromatic heterocycles. The van der Waals surface area contributed by atoms with Gasteiger partial charge in [-0.05, 0) is 68.9 Å². The molecule has 5 heteroatoms. The van der Waals surface area contributed by atoms with Crippen molar-refractivity contribution < 1.29 is 9.53 Å². The first-order valence-corrected chi connectivity index (χ1v) is 12.0. The Morgan fingerprint density at radius 2 is 1.88 bits per heavy atom. The van der Waals surface area contributed by atoms with Crippen molar-refractivity contribution >= 4 is 16.9 Å². The zero-order valence-electron chi connectivity index (χ0n) is 19.8. The zero-order chi connectivity index (χ0) is 22.8. The number of carbonyl (C=O) groups is 1. The molecule has 0 aliphatic heterocycles. The maximum Gasteiger partial charge on any atom is 0.219 e. The van der Waals surface area contributed by atoms with Crippen molar-refractivity contribution in [1.29, 1.82) is 0 Å². The molecule has 1 N–H and O–H groups in total. The van der Waals surface area contributed by atoms with E-state index in [2.05, 4.69) is 48.0 Å². The van der Waals surface area contributed by atoms with Gasteiger partial charge < -0.3 is 14.6 Å². The van der Waals surface area contributed by atoms with E-state index in [0.29, 0.717) is 13.0 Å². The minimum atomic E-state index is 0.164. The van der Waals surface area contributed by atoms with E-state index in [1.54, 1.807) is 0 Å². The Morgan fingerprint density at radius 1 is 1.03 bits per heavy atom. The van der Waals surface area contributed by atoms with Gasteiger partial charge in [0.2, 0.25) is 5.91 Å². The number of para-hydroxylation sites is 2. The Labute approximate surface area is 192 Å². The number of rotatable bonds is 13. The van der Waals surface area contributed by atoms with Crippen LogP contribution in [0.15, 0.2) is 42.5 Å². The molecule has 0 saturated heterocycles. The van der Waals surface area contributed by atoms with E-state index in [4.69, 9.17) is 9.72 Å². The topological polar surface area (TPSA) is 56.2 Å². The van der Waals surface area contributed by atoms with E-state index in [1.165, 1.54) is 16.6 Å². The summed E-state index contributed by atoms with van der Waals surface area (Å²) in [6.07, 6.45) is 6.59. The molecule has 0 saturated carbocycles. The van der Waals surface area contributed by atoms with Crippen LogP contribution in [0.1, 0.15) is 62.4 Å². The molecule has 3 rings (SSSR count). The lowest BCUT2D eigenvalue weighted by Gasteiger charge is -2.13. The maximum atomic E-state index is 11.6. The summed E-state index contributed by atoms with van der Waals surface area (Å²) < 4.78 is 8.41. The van der Waals surface area contributed by atoms with Gasteiger partial charge in [-0.2, -0.15) is 0 Å². The molecule has 2 aromatic carbocycles. The van der Waals surface area contributed by atoms with Gasteiger partial charge in [-0.1, -0.05) is 37.6 Å². The molecule has 0 spiro atoms. The summed E-state index contributed by atoms with van der Waals surface area (Å²) in [7, 11) is 0. The summed E-state index contributed by atoms with van der Waals surface area (Å²) in [5.74, 6) is 2.29. The van der Waals surface area contributed by atoms with Crippen LogP contribution in [0.25, 0.3) is 11.0 Å². The van der Waals surface area contributed by atoms with Gasteiger partial charge in [-0.3, -0.25) is 4.79 Å². The number of hydrogen-bond donors (Lipinski definition) is 1. The summed E-state index contributed by atoms with van der Waals surface area (Å²) in [4.78, 5) is 16.5. The van der Waals surface area contributed by atoms with Crippen LogP contribution < -0.4 is 10.1 Å². The predicted octanol–water partition coefficient (Wildman–Crippen LogP) is 5.75. The molecule has 0 fully saturated rings. The van der Waals surface area contributed by atoms with Gasteiger partial charge >= 0.3 is 0 Å². The number of ether oxygens (including phenoxy) is 1. The van der Waals surface area contributed by atoms with Crippen LogP contribution in [0.5, 0.6) is 5.75 Å². The number of unbranched alkanes of at least 4 members (excludes halogenated alkanes) is 2. The fraction of sp³-hybridized carbons (Fsp3) is 0.481. The number of hydrogen-bond acceptors (Lipinski definition) is 3. The molecule has 0 aliphatic rings. The van der Waals surface area contributed by atoms with Crippen LogP contribution in [0.2, 0.25) is 0 Å². The molecule has 5 nitrogen and oxygen atoms in total. The molecule has 1 amide bonds. The number of nitrogens with one attached hydrogen (secondary N) is 1. The third-order valence-electron chi connectivity index (χ3n) is 5.95. The number of benzene rings is 2. The number of amides is 1. The fourth-order valence-electron chi connectivity index (χ4n) is 3.98. The smallest absolute Gasteiger partial charge is 0.219 e. The third-order valence-corrected chi connectivity index (χ3v) is 5.95. The Balaban J connectivity index is 1.51. The van der Waals surface area contributed by atoms with Gasteiger partial charge in [0.15, 0.2) is 0 Å². The van der Waals surface area contributed by atoms with Crippen LogP contribution in [0.3, 0.4) is 0 Å². The van der Waals surface area contributed by atoms with Crippen LogP contribution in [-0.2, 0) is 17.8 Å². The monoisotopic (exact) mass is 435 g/mol. The highest BCUT2D eigenvalue weighted by atomic mass is 16.5. The summed E-state index contributed by atoms with van der Waals surface area (Å²) in [6, 6.07) is 14.6. The first kappa shape index (κ1) is 23.8. The Bertz CT molecular complexity index is 1010. The molecule has 0 radical (unpaired) electrons. The largest absolute Gasteiger partial charge is 0.493 e. The first-order valence-electron chi connectivity index (χ1n) is 12.0. The minimum absolute atomic E-state index is 0.164. The Morgan fingerprint density at radius 3 is 2.72 bits per heavy atom. The highest BCUT2D eigenvalue weighted by molar-refractivity contribution is 5.76. The lowest BCUT2D eigenvalue weighted by Crippen LogP contribution is -2.23. The van der Waals surface area contributed by atoms with E-state index in [1.807, 2.05) is 25.1 Å². The lowest BCUT2D eigenvalue weighted by molar-refractivity contribution is -0.121. The summed E-state index contributed by atoms with van der Waals surface area (Å²) >= 11 is 0. The van der Waals surface area contributed by atoms with Crippen molar-refractivity contribution in [3.05, 3.63) is 59.4 Å². The van der Waals surface area contributed by atoms with Crippen LogP contribution >= 0.6 is 0 Å². The van der Waals surface area contributed by atoms with Gasteiger partial charge in [0.1, 0.15) is 11.6 Å². The van der Waals surface area contributed by atoms with Gasteiger partial charge in [-0.25, -0.2) is 4.98 Å². The summed E-state index contributed by atoms with van der Waals surface area (Å²) in [6.45, 7) is 8.61. The number of aromatic nitrogens is 2. The molecule has 0 aliphatic carbocycles. The molecule has 0 atom stereocenters. The number of fused-ring (bicyclic) bond motifs is 1. The highest BCUT2D eigenvalue weighted by Crippen LogP contribution is 2.22. The molecular weight excluding hydrogens is 398 g/mol. The van der Waals surface area contributed by atoms with Crippen LogP contribution in [-0.4, -0.2) is 28.6 Å². The van der Waals surface area contributed by atoms with E-state index < -0.39 is 0 Å².